The maximum Gasteiger partial charge on any atom is 0.197 e. The van der Waals surface area contributed by atoms with E-state index in [1.807, 2.05) is 18.2 Å². The molecule has 1 fully saturated rings. The highest BCUT2D eigenvalue weighted by Gasteiger charge is 2.34. The van der Waals surface area contributed by atoms with Crippen LogP contribution in [0.25, 0.3) is 11.1 Å². The van der Waals surface area contributed by atoms with Crippen LogP contribution in [-0.2, 0) is 6.42 Å². The van der Waals surface area contributed by atoms with Gasteiger partial charge in [0.2, 0.25) is 0 Å². The fourth-order valence-electron chi connectivity index (χ4n) is 2.26. The largest absolute Gasteiger partial charge is 0.497 e. The number of nitrogens with zero attached hydrogens (tertiary/aromatic N) is 1. The van der Waals surface area contributed by atoms with Gasteiger partial charge in [0.05, 0.1) is 7.11 Å². The second-order valence-electron chi connectivity index (χ2n) is 4.83. The molecule has 0 saturated heterocycles. The summed E-state index contributed by atoms with van der Waals surface area (Å²) < 4.78 is 10.9. The van der Waals surface area contributed by atoms with Gasteiger partial charge in [-0.3, -0.25) is 0 Å². The van der Waals surface area contributed by atoms with E-state index in [1.165, 1.54) is 6.42 Å². The molecule has 2 N–H and O–H groups in total. The third-order valence-corrected chi connectivity index (χ3v) is 3.49. The maximum absolute atomic E-state index is 6.19. The summed E-state index contributed by atoms with van der Waals surface area (Å²) >= 11 is 0. The van der Waals surface area contributed by atoms with Gasteiger partial charge in [-0.2, -0.15) is 0 Å². The highest BCUT2D eigenvalue weighted by Crippen LogP contribution is 2.33. The molecule has 0 amide bonds. The number of rotatable bonds is 3. The Labute approximate surface area is 99.8 Å². The Hall–Kier alpha value is -1.55. The van der Waals surface area contributed by atoms with Crippen LogP contribution in [0.1, 0.15) is 25.2 Å². The minimum Gasteiger partial charge on any atom is -0.497 e. The number of aromatic nitrogens is 1. The van der Waals surface area contributed by atoms with E-state index in [2.05, 4.69) is 4.98 Å². The monoisotopic (exact) mass is 232 g/mol. The second-order valence-corrected chi connectivity index (χ2v) is 4.83. The van der Waals surface area contributed by atoms with Gasteiger partial charge < -0.3 is 14.9 Å². The molecular formula is C13H16N2O2. The fraction of sp³-hybridized carbons (Fsp3) is 0.462. The van der Waals surface area contributed by atoms with Gasteiger partial charge in [0.15, 0.2) is 11.5 Å². The number of ether oxygens (including phenoxy) is 1. The van der Waals surface area contributed by atoms with Crippen molar-refractivity contribution in [2.75, 3.05) is 7.11 Å². The number of methoxy groups -OCH3 is 1. The first kappa shape index (κ1) is 10.6. The number of benzene rings is 1. The van der Waals surface area contributed by atoms with Crippen LogP contribution in [0.4, 0.5) is 0 Å². The maximum atomic E-state index is 6.19. The van der Waals surface area contributed by atoms with Crippen molar-refractivity contribution in [3.8, 4) is 5.75 Å². The van der Waals surface area contributed by atoms with Crippen LogP contribution in [0.5, 0.6) is 5.75 Å². The van der Waals surface area contributed by atoms with E-state index in [0.717, 1.165) is 42.0 Å². The predicted octanol–water partition coefficient (Wildman–Crippen LogP) is 2.26. The van der Waals surface area contributed by atoms with Crippen LogP contribution < -0.4 is 10.5 Å². The Morgan fingerprint density at radius 2 is 2.29 bits per heavy atom. The van der Waals surface area contributed by atoms with Gasteiger partial charge in [0.25, 0.3) is 0 Å². The summed E-state index contributed by atoms with van der Waals surface area (Å²) in [7, 11) is 1.64. The summed E-state index contributed by atoms with van der Waals surface area (Å²) in [6, 6.07) is 5.65. The van der Waals surface area contributed by atoms with Crippen molar-refractivity contribution < 1.29 is 9.15 Å². The molecular weight excluding hydrogens is 216 g/mol. The zero-order valence-electron chi connectivity index (χ0n) is 9.90. The molecule has 4 nitrogen and oxygen atoms in total. The lowest BCUT2D eigenvalue weighted by Gasteiger charge is -2.36. The number of hydrogen-bond donors (Lipinski definition) is 1. The Balaban J connectivity index is 1.90. The summed E-state index contributed by atoms with van der Waals surface area (Å²) in [5, 5.41) is 0. The van der Waals surface area contributed by atoms with Gasteiger partial charge in [0, 0.05) is 18.0 Å². The van der Waals surface area contributed by atoms with Gasteiger partial charge in [-0.15, -0.1) is 0 Å². The minimum atomic E-state index is -0.0923. The molecule has 1 aromatic heterocycles. The Morgan fingerprint density at radius 3 is 2.94 bits per heavy atom. The molecule has 0 atom stereocenters. The lowest BCUT2D eigenvalue weighted by Crippen LogP contribution is -2.48. The lowest BCUT2D eigenvalue weighted by atomic mass is 9.75. The summed E-state index contributed by atoms with van der Waals surface area (Å²) in [5.41, 5.74) is 7.73. The van der Waals surface area contributed by atoms with Crippen molar-refractivity contribution >= 4 is 11.1 Å². The zero-order chi connectivity index (χ0) is 11.9. The molecule has 17 heavy (non-hydrogen) atoms. The lowest BCUT2D eigenvalue weighted by molar-refractivity contribution is 0.232. The molecule has 2 aromatic rings. The minimum absolute atomic E-state index is 0.0923. The van der Waals surface area contributed by atoms with Crippen LogP contribution in [-0.4, -0.2) is 17.6 Å². The van der Waals surface area contributed by atoms with Crippen molar-refractivity contribution in [2.45, 2.75) is 31.2 Å². The van der Waals surface area contributed by atoms with E-state index in [4.69, 9.17) is 14.9 Å². The highest BCUT2D eigenvalue weighted by molar-refractivity contribution is 5.74. The molecule has 4 heteroatoms. The molecule has 1 saturated carbocycles. The van der Waals surface area contributed by atoms with Crippen LogP contribution in [0.3, 0.4) is 0 Å². The SMILES string of the molecule is COc1ccc2nc(CC3(N)CCC3)oc2c1. The van der Waals surface area contributed by atoms with Crippen molar-refractivity contribution in [3.05, 3.63) is 24.1 Å². The van der Waals surface area contributed by atoms with E-state index in [1.54, 1.807) is 7.11 Å². The summed E-state index contributed by atoms with van der Waals surface area (Å²) in [6.45, 7) is 0. The Morgan fingerprint density at radius 1 is 1.47 bits per heavy atom. The summed E-state index contributed by atoms with van der Waals surface area (Å²) in [6.07, 6.45) is 4.07. The summed E-state index contributed by atoms with van der Waals surface area (Å²) in [4.78, 5) is 4.45. The van der Waals surface area contributed by atoms with Crippen molar-refractivity contribution in [1.29, 1.82) is 0 Å². The molecule has 1 aromatic carbocycles. The standard InChI is InChI=1S/C13H16N2O2/c1-16-9-3-4-10-11(7-9)17-12(15-10)8-13(14)5-2-6-13/h3-4,7H,2,5-6,8,14H2,1H3. The van der Waals surface area contributed by atoms with Gasteiger partial charge >= 0.3 is 0 Å². The molecule has 0 aliphatic heterocycles. The quantitative estimate of drug-likeness (QED) is 0.881. The molecule has 1 heterocycles. The van der Waals surface area contributed by atoms with E-state index < -0.39 is 0 Å². The molecule has 3 rings (SSSR count). The van der Waals surface area contributed by atoms with Gasteiger partial charge in [0.1, 0.15) is 11.3 Å². The zero-order valence-corrected chi connectivity index (χ0v) is 9.90. The third-order valence-electron chi connectivity index (χ3n) is 3.49. The molecule has 90 valence electrons. The van der Waals surface area contributed by atoms with E-state index in [-0.39, 0.29) is 5.54 Å². The van der Waals surface area contributed by atoms with Crippen molar-refractivity contribution in [3.63, 3.8) is 0 Å². The first-order valence-corrected chi connectivity index (χ1v) is 5.91. The second kappa shape index (κ2) is 3.74. The van der Waals surface area contributed by atoms with E-state index >= 15 is 0 Å². The molecule has 0 spiro atoms. The molecule has 0 bridgehead atoms. The summed E-state index contributed by atoms with van der Waals surface area (Å²) in [5.74, 6) is 1.52. The number of nitrogens with two attached hydrogens (primary N) is 1. The fourth-order valence-corrected chi connectivity index (χ4v) is 2.26. The van der Waals surface area contributed by atoms with Gasteiger partial charge in [-0.1, -0.05) is 0 Å². The van der Waals surface area contributed by atoms with E-state index in [9.17, 15) is 0 Å². The molecule has 1 aliphatic carbocycles. The first-order valence-electron chi connectivity index (χ1n) is 5.91. The van der Waals surface area contributed by atoms with Crippen molar-refractivity contribution in [2.24, 2.45) is 5.73 Å². The van der Waals surface area contributed by atoms with Crippen LogP contribution in [0.2, 0.25) is 0 Å². The molecule has 0 radical (unpaired) electrons. The van der Waals surface area contributed by atoms with Crippen molar-refractivity contribution in [1.82, 2.24) is 4.98 Å². The molecule has 1 aliphatic rings. The number of hydrogen-bond acceptors (Lipinski definition) is 4. The van der Waals surface area contributed by atoms with Gasteiger partial charge in [-0.25, -0.2) is 4.98 Å². The van der Waals surface area contributed by atoms with Gasteiger partial charge in [-0.05, 0) is 31.4 Å². The Kier molecular flexibility index (Phi) is 2.33. The number of oxazole rings is 1. The van der Waals surface area contributed by atoms with Crippen LogP contribution in [0.15, 0.2) is 22.6 Å². The average molecular weight is 232 g/mol. The predicted molar refractivity (Wildman–Crippen MR) is 65.0 cm³/mol. The smallest absolute Gasteiger partial charge is 0.197 e. The molecule has 0 unspecified atom stereocenters. The number of fused-ring (bicyclic) bond motifs is 1. The first-order chi connectivity index (χ1) is 8.18. The van der Waals surface area contributed by atoms with E-state index in [0.29, 0.717) is 0 Å². The van der Waals surface area contributed by atoms with Crippen LogP contribution in [0, 0.1) is 0 Å². The third kappa shape index (κ3) is 1.89. The Bertz CT molecular complexity index is 543. The normalized spacial score (nSPS) is 18.0. The topological polar surface area (TPSA) is 61.3 Å². The highest BCUT2D eigenvalue weighted by atomic mass is 16.5. The average Bonchev–Trinajstić information content (AvgIpc) is 2.67. The van der Waals surface area contributed by atoms with Crippen LogP contribution >= 0.6 is 0 Å².